The molecule has 2 aromatic carbocycles. The van der Waals surface area contributed by atoms with Gasteiger partial charge in [0.15, 0.2) is 0 Å². The van der Waals surface area contributed by atoms with E-state index >= 15 is 0 Å². The molecule has 1 unspecified atom stereocenters. The van der Waals surface area contributed by atoms with Crippen molar-refractivity contribution in [3.63, 3.8) is 0 Å². The highest BCUT2D eigenvalue weighted by Gasteiger charge is 2.33. The largest absolute Gasteiger partial charge is 0.481 e. The molecule has 0 aromatic heterocycles. The number of carboxylic acids is 1. The van der Waals surface area contributed by atoms with Crippen LogP contribution in [0, 0.1) is 11.7 Å². The maximum Gasteiger partial charge on any atom is 0.308 e. The van der Waals surface area contributed by atoms with E-state index in [-0.39, 0.29) is 24.7 Å². The highest BCUT2D eigenvalue weighted by molar-refractivity contribution is 5.86. The summed E-state index contributed by atoms with van der Waals surface area (Å²) in [5.41, 5.74) is 1.03. The second kappa shape index (κ2) is 7.34. The van der Waals surface area contributed by atoms with E-state index in [9.17, 15) is 14.0 Å². The summed E-state index contributed by atoms with van der Waals surface area (Å²) < 4.78 is 18.5. The zero-order valence-electron chi connectivity index (χ0n) is 13.5. The maximum atomic E-state index is 12.9. The molecular formula is C19H18FNO4. The number of carboxylic acid groups (broad SMARTS) is 1. The average molecular weight is 343 g/mol. The fraction of sp³-hybridized carbons (Fsp3) is 0.263. The fourth-order valence-corrected chi connectivity index (χ4v) is 2.78. The van der Waals surface area contributed by atoms with Gasteiger partial charge in [-0.15, -0.1) is 0 Å². The van der Waals surface area contributed by atoms with Crippen molar-refractivity contribution < 1.29 is 23.8 Å². The summed E-state index contributed by atoms with van der Waals surface area (Å²) >= 11 is 0. The van der Waals surface area contributed by atoms with Crippen LogP contribution in [0.25, 0.3) is 0 Å². The first-order valence-electron chi connectivity index (χ1n) is 8.04. The van der Waals surface area contributed by atoms with E-state index in [0.717, 1.165) is 5.56 Å². The molecule has 1 atom stereocenters. The summed E-state index contributed by atoms with van der Waals surface area (Å²) in [6, 6.07) is 13.2. The Bertz CT molecular complexity index is 758. The number of hydrogen-bond acceptors (Lipinski definition) is 3. The molecule has 5 nitrogen and oxygen atoms in total. The van der Waals surface area contributed by atoms with Crippen LogP contribution in [-0.4, -0.2) is 35.0 Å². The van der Waals surface area contributed by atoms with Crippen LogP contribution in [0.2, 0.25) is 0 Å². The van der Waals surface area contributed by atoms with Crippen molar-refractivity contribution in [2.75, 3.05) is 13.1 Å². The highest BCUT2D eigenvalue weighted by Crippen LogP contribution is 2.23. The average Bonchev–Trinajstić information content (AvgIpc) is 2.98. The van der Waals surface area contributed by atoms with Crippen LogP contribution in [0.1, 0.15) is 12.0 Å². The lowest BCUT2D eigenvalue weighted by molar-refractivity contribution is -0.141. The van der Waals surface area contributed by atoms with Gasteiger partial charge in [-0.2, -0.15) is 0 Å². The Balaban J connectivity index is 1.53. The number of carbonyl (C=O) groups excluding carboxylic acids is 1. The molecule has 1 N–H and O–H groups in total. The summed E-state index contributed by atoms with van der Waals surface area (Å²) in [6.07, 6.45) is 0.731. The van der Waals surface area contributed by atoms with Crippen molar-refractivity contribution in [1.29, 1.82) is 0 Å². The second-order valence-electron chi connectivity index (χ2n) is 6.03. The molecule has 2 aromatic rings. The quantitative estimate of drug-likeness (QED) is 0.875. The van der Waals surface area contributed by atoms with Gasteiger partial charge < -0.3 is 14.7 Å². The van der Waals surface area contributed by atoms with E-state index in [1.165, 1.54) is 12.1 Å². The van der Waals surface area contributed by atoms with Gasteiger partial charge in [-0.25, -0.2) is 4.39 Å². The molecule has 1 fully saturated rings. The van der Waals surface area contributed by atoms with Crippen LogP contribution >= 0.6 is 0 Å². The van der Waals surface area contributed by atoms with Gasteiger partial charge in [-0.3, -0.25) is 9.59 Å². The Morgan fingerprint density at radius 2 is 1.72 bits per heavy atom. The number of benzene rings is 2. The van der Waals surface area contributed by atoms with Crippen LogP contribution in [0.5, 0.6) is 11.5 Å². The smallest absolute Gasteiger partial charge is 0.308 e. The number of hydrogen-bond donors (Lipinski definition) is 1. The van der Waals surface area contributed by atoms with Crippen LogP contribution in [0.15, 0.2) is 48.5 Å². The Hall–Kier alpha value is -2.89. The van der Waals surface area contributed by atoms with E-state index in [4.69, 9.17) is 9.84 Å². The number of nitrogens with zero attached hydrogens (tertiary/aromatic N) is 1. The SMILES string of the molecule is O=C(O)C1CC(=O)N(CCc2ccc(Oc3ccc(F)cc3)cc2)C1. The molecule has 0 bridgehead atoms. The number of amides is 1. The van der Waals surface area contributed by atoms with Crippen molar-refractivity contribution in [3.05, 3.63) is 59.9 Å². The Kier molecular flexibility index (Phi) is 4.97. The summed E-state index contributed by atoms with van der Waals surface area (Å²) in [5, 5.41) is 8.99. The number of halogens is 1. The van der Waals surface area contributed by atoms with Gasteiger partial charge in [0.05, 0.1) is 5.92 Å². The Labute approximate surface area is 144 Å². The van der Waals surface area contributed by atoms with E-state index in [1.54, 1.807) is 17.0 Å². The monoisotopic (exact) mass is 343 g/mol. The van der Waals surface area contributed by atoms with Gasteiger partial charge in [0.1, 0.15) is 17.3 Å². The predicted octanol–water partition coefficient (Wildman–Crippen LogP) is 3.09. The molecule has 0 saturated carbocycles. The summed E-state index contributed by atoms with van der Waals surface area (Å²) in [5.74, 6) is -0.750. The fourth-order valence-electron chi connectivity index (χ4n) is 2.78. The third-order valence-corrected chi connectivity index (χ3v) is 4.21. The molecule has 3 rings (SSSR count). The third-order valence-electron chi connectivity index (χ3n) is 4.21. The number of carbonyl (C=O) groups is 2. The molecule has 0 spiro atoms. The Morgan fingerprint density at radius 1 is 1.12 bits per heavy atom. The first-order valence-corrected chi connectivity index (χ1v) is 8.04. The Morgan fingerprint density at radius 3 is 2.28 bits per heavy atom. The van der Waals surface area contributed by atoms with Crippen LogP contribution in [-0.2, 0) is 16.0 Å². The molecule has 1 aliphatic rings. The van der Waals surface area contributed by atoms with Crippen LogP contribution in [0.4, 0.5) is 4.39 Å². The van der Waals surface area contributed by atoms with E-state index in [2.05, 4.69) is 0 Å². The lowest BCUT2D eigenvalue weighted by Gasteiger charge is -2.16. The minimum Gasteiger partial charge on any atom is -0.481 e. The van der Waals surface area contributed by atoms with Gasteiger partial charge >= 0.3 is 5.97 Å². The van der Waals surface area contributed by atoms with Crippen molar-refractivity contribution in [3.8, 4) is 11.5 Å². The molecule has 0 aliphatic carbocycles. The van der Waals surface area contributed by atoms with Crippen LogP contribution in [0.3, 0.4) is 0 Å². The summed E-state index contributed by atoms with van der Waals surface area (Å²) in [7, 11) is 0. The molecule has 1 heterocycles. The molecule has 1 saturated heterocycles. The molecule has 1 aliphatic heterocycles. The molecule has 130 valence electrons. The first-order chi connectivity index (χ1) is 12.0. The minimum absolute atomic E-state index is 0.0831. The van der Waals surface area contributed by atoms with Gasteiger partial charge in [0.25, 0.3) is 0 Å². The highest BCUT2D eigenvalue weighted by atomic mass is 19.1. The topological polar surface area (TPSA) is 66.8 Å². The molecule has 1 amide bonds. The van der Waals surface area contributed by atoms with Crippen molar-refractivity contribution in [1.82, 2.24) is 4.90 Å². The first kappa shape index (κ1) is 17.0. The predicted molar refractivity (Wildman–Crippen MR) is 88.9 cm³/mol. The normalized spacial score (nSPS) is 16.9. The van der Waals surface area contributed by atoms with E-state index in [1.807, 2.05) is 24.3 Å². The molecule has 25 heavy (non-hydrogen) atoms. The molecular weight excluding hydrogens is 325 g/mol. The number of rotatable bonds is 6. The van der Waals surface area contributed by atoms with Gasteiger partial charge in [-0.1, -0.05) is 12.1 Å². The number of likely N-dealkylation sites (tertiary alicyclic amines) is 1. The molecule has 0 radical (unpaired) electrons. The van der Waals surface area contributed by atoms with Crippen LogP contribution < -0.4 is 4.74 Å². The lowest BCUT2D eigenvalue weighted by Crippen LogP contribution is -2.28. The summed E-state index contributed by atoms with van der Waals surface area (Å²) in [6.45, 7) is 0.778. The summed E-state index contributed by atoms with van der Waals surface area (Å²) in [4.78, 5) is 24.4. The zero-order chi connectivity index (χ0) is 17.8. The standard InChI is InChI=1S/C19H18FNO4/c20-15-3-7-17(8-4-15)25-16-5-1-13(2-6-16)9-10-21-12-14(19(23)24)11-18(21)22/h1-8,14H,9-12H2,(H,23,24). The second-order valence-corrected chi connectivity index (χ2v) is 6.03. The number of ether oxygens (including phenoxy) is 1. The van der Waals surface area contributed by atoms with E-state index in [0.29, 0.717) is 24.5 Å². The van der Waals surface area contributed by atoms with E-state index < -0.39 is 11.9 Å². The minimum atomic E-state index is -0.918. The van der Waals surface area contributed by atoms with Crippen molar-refractivity contribution in [2.24, 2.45) is 5.92 Å². The zero-order valence-corrected chi connectivity index (χ0v) is 13.5. The van der Waals surface area contributed by atoms with Gasteiger partial charge in [-0.05, 0) is 48.4 Å². The van der Waals surface area contributed by atoms with Gasteiger partial charge in [0.2, 0.25) is 5.91 Å². The molecule has 6 heteroatoms. The van der Waals surface area contributed by atoms with Crippen molar-refractivity contribution in [2.45, 2.75) is 12.8 Å². The lowest BCUT2D eigenvalue weighted by atomic mass is 10.1. The number of aliphatic carboxylic acids is 1. The third kappa shape index (κ3) is 4.35. The van der Waals surface area contributed by atoms with Crippen molar-refractivity contribution >= 4 is 11.9 Å². The maximum absolute atomic E-state index is 12.9. The van der Waals surface area contributed by atoms with Gasteiger partial charge in [0, 0.05) is 19.5 Å².